The summed E-state index contributed by atoms with van der Waals surface area (Å²) in [5.74, 6) is -0.911. The Balaban J connectivity index is 1.94. The lowest BCUT2D eigenvalue weighted by Crippen LogP contribution is -2.44. The van der Waals surface area contributed by atoms with Crippen LogP contribution in [0, 0.1) is 0 Å². The molecule has 1 saturated heterocycles. The summed E-state index contributed by atoms with van der Waals surface area (Å²) in [5.41, 5.74) is 0. The Hall–Kier alpha value is -1.17. The third-order valence-electron chi connectivity index (χ3n) is 2.95. The number of ether oxygens (including phenoxy) is 1. The van der Waals surface area contributed by atoms with Crippen LogP contribution in [0.25, 0.3) is 6.08 Å². The first kappa shape index (κ1) is 14.2. The summed E-state index contributed by atoms with van der Waals surface area (Å²) < 4.78 is 5.71. The van der Waals surface area contributed by atoms with Gasteiger partial charge in [0.2, 0.25) is 0 Å². The number of thiophene rings is 1. The number of carbonyl (C=O) groups is 1. The number of carboxylic acids is 1. The highest BCUT2D eigenvalue weighted by Gasteiger charge is 2.22. The number of carboxylic acid groups (broad SMARTS) is 1. The van der Waals surface area contributed by atoms with Crippen molar-refractivity contribution in [2.45, 2.75) is 32.6 Å². The van der Waals surface area contributed by atoms with Gasteiger partial charge in [0.15, 0.2) is 0 Å². The Kier molecular flexibility index (Phi) is 4.74. The van der Waals surface area contributed by atoms with E-state index < -0.39 is 5.97 Å². The number of nitrogens with zero attached hydrogens (tertiary/aromatic N) is 1. The van der Waals surface area contributed by atoms with Crippen molar-refractivity contribution in [2.75, 3.05) is 13.1 Å². The Bertz CT molecular complexity index is 459. The molecule has 1 aliphatic rings. The molecule has 19 heavy (non-hydrogen) atoms. The molecule has 4 nitrogen and oxygen atoms in total. The van der Waals surface area contributed by atoms with E-state index in [0.717, 1.165) is 24.5 Å². The molecule has 0 unspecified atom stereocenters. The number of rotatable bonds is 4. The van der Waals surface area contributed by atoms with E-state index in [4.69, 9.17) is 9.84 Å². The van der Waals surface area contributed by atoms with Crippen LogP contribution >= 0.6 is 11.3 Å². The monoisotopic (exact) mass is 281 g/mol. The third kappa shape index (κ3) is 4.45. The van der Waals surface area contributed by atoms with Crippen molar-refractivity contribution in [1.29, 1.82) is 0 Å². The molecular formula is C14H19NO3S. The first-order chi connectivity index (χ1) is 9.02. The van der Waals surface area contributed by atoms with Crippen LogP contribution in [0.2, 0.25) is 0 Å². The minimum absolute atomic E-state index is 0.273. The predicted molar refractivity (Wildman–Crippen MR) is 76.3 cm³/mol. The van der Waals surface area contributed by atoms with Crippen molar-refractivity contribution < 1.29 is 14.6 Å². The molecule has 104 valence electrons. The quantitative estimate of drug-likeness (QED) is 0.861. The van der Waals surface area contributed by atoms with Gasteiger partial charge in [-0.1, -0.05) is 0 Å². The van der Waals surface area contributed by atoms with Crippen molar-refractivity contribution >= 4 is 23.4 Å². The van der Waals surface area contributed by atoms with Gasteiger partial charge in [-0.2, -0.15) is 0 Å². The fraction of sp³-hybridized carbons (Fsp3) is 0.500. The van der Waals surface area contributed by atoms with E-state index in [-0.39, 0.29) is 12.2 Å². The smallest absolute Gasteiger partial charge is 0.328 e. The lowest BCUT2D eigenvalue weighted by atomic mass is 10.2. The van der Waals surface area contributed by atoms with Crippen molar-refractivity contribution in [3.63, 3.8) is 0 Å². The van der Waals surface area contributed by atoms with Crippen LogP contribution in [0.3, 0.4) is 0 Å². The first-order valence-corrected chi connectivity index (χ1v) is 7.22. The highest BCUT2D eigenvalue weighted by Crippen LogP contribution is 2.21. The van der Waals surface area contributed by atoms with Gasteiger partial charge >= 0.3 is 5.97 Å². The van der Waals surface area contributed by atoms with Crippen LogP contribution in [-0.2, 0) is 16.1 Å². The SMILES string of the molecule is C[C@@H]1CN(Cc2ccc(/C=C/C(=O)O)s2)C[C@H](C)O1. The molecule has 0 aromatic carbocycles. The topological polar surface area (TPSA) is 49.8 Å². The molecular weight excluding hydrogens is 262 g/mol. The van der Waals surface area contributed by atoms with Crippen LogP contribution < -0.4 is 0 Å². The highest BCUT2D eigenvalue weighted by molar-refractivity contribution is 7.12. The number of morpholine rings is 1. The predicted octanol–water partition coefficient (Wildman–Crippen LogP) is 2.46. The van der Waals surface area contributed by atoms with Gasteiger partial charge in [0.1, 0.15) is 0 Å². The maximum Gasteiger partial charge on any atom is 0.328 e. The molecule has 0 aliphatic carbocycles. The lowest BCUT2D eigenvalue weighted by molar-refractivity contribution is -0.131. The molecule has 0 radical (unpaired) electrons. The van der Waals surface area contributed by atoms with Gasteiger partial charge in [0.25, 0.3) is 0 Å². The van der Waals surface area contributed by atoms with E-state index in [2.05, 4.69) is 24.8 Å². The molecule has 2 rings (SSSR count). The Labute approximate surface area is 117 Å². The van der Waals surface area contributed by atoms with Crippen LogP contribution in [0.4, 0.5) is 0 Å². The van der Waals surface area contributed by atoms with Gasteiger partial charge in [0, 0.05) is 35.5 Å². The van der Waals surface area contributed by atoms with E-state index in [9.17, 15) is 4.79 Å². The molecule has 2 heterocycles. The number of hydrogen-bond donors (Lipinski definition) is 1. The Morgan fingerprint density at radius 1 is 1.47 bits per heavy atom. The maximum atomic E-state index is 10.5. The summed E-state index contributed by atoms with van der Waals surface area (Å²) in [6.07, 6.45) is 3.36. The number of hydrogen-bond acceptors (Lipinski definition) is 4. The van der Waals surface area contributed by atoms with Crippen LogP contribution in [0.1, 0.15) is 23.6 Å². The molecule has 1 fully saturated rings. The molecule has 0 bridgehead atoms. The van der Waals surface area contributed by atoms with Crippen LogP contribution in [0.15, 0.2) is 18.2 Å². The zero-order chi connectivity index (χ0) is 13.8. The van der Waals surface area contributed by atoms with Gasteiger partial charge in [-0.15, -0.1) is 11.3 Å². The maximum absolute atomic E-state index is 10.5. The van der Waals surface area contributed by atoms with Crippen LogP contribution in [0.5, 0.6) is 0 Å². The van der Waals surface area contributed by atoms with Crippen LogP contribution in [-0.4, -0.2) is 41.3 Å². The van der Waals surface area contributed by atoms with Crippen molar-refractivity contribution in [1.82, 2.24) is 4.90 Å². The normalized spacial score (nSPS) is 24.9. The van der Waals surface area contributed by atoms with Crippen molar-refractivity contribution in [3.05, 3.63) is 28.0 Å². The van der Waals surface area contributed by atoms with Gasteiger partial charge in [-0.25, -0.2) is 4.79 Å². The van der Waals surface area contributed by atoms with Crippen molar-refractivity contribution in [3.8, 4) is 0 Å². The zero-order valence-corrected chi connectivity index (χ0v) is 12.0. The Morgan fingerprint density at radius 3 is 2.79 bits per heavy atom. The molecule has 5 heteroatoms. The third-order valence-corrected chi connectivity index (χ3v) is 3.98. The molecule has 1 aromatic heterocycles. The highest BCUT2D eigenvalue weighted by atomic mass is 32.1. The van der Waals surface area contributed by atoms with E-state index in [0.29, 0.717) is 0 Å². The van der Waals surface area contributed by atoms with Gasteiger partial charge in [-0.3, -0.25) is 4.90 Å². The second-order valence-electron chi connectivity index (χ2n) is 4.93. The average molecular weight is 281 g/mol. The van der Waals surface area contributed by atoms with Gasteiger partial charge in [-0.05, 0) is 32.1 Å². The Morgan fingerprint density at radius 2 is 2.16 bits per heavy atom. The summed E-state index contributed by atoms with van der Waals surface area (Å²) in [7, 11) is 0. The molecule has 2 atom stereocenters. The second-order valence-corrected chi connectivity index (χ2v) is 6.13. The molecule has 1 aliphatic heterocycles. The molecule has 0 saturated carbocycles. The minimum atomic E-state index is -0.911. The molecule has 1 N–H and O–H groups in total. The number of aliphatic carboxylic acids is 1. The summed E-state index contributed by atoms with van der Waals surface area (Å²) in [4.78, 5) is 15.1. The summed E-state index contributed by atoms with van der Waals surface area (Å²) in [6, 6.07) is 4.03. The van der Waals surface area contributed by atoms with E-state index in [1.165, 1.54) is 11.0 Å². The summed E-state index contributed by atoms with van der Waals surface area (Å²) in [5, 5.41) is 8.60. The van der Waals surface area contributed by atoms with E-state index in [1.807, 2.05) is 6.07 Å². The van der Waals surface area contributed by atoms with Gasteiger partial charge in [0.05, 0.1) is 12.2 Å². The minimum Gasteiger partial charge on any atom is -0.478 e. The van der Waals surface area contributed by atoms with Crippen molar-refractivity contribution in [2.24, 2.45) is 0 Å². The average Bonchev–Trinajstić information content (AvgIpc) is 2.72. The largest absolute Gasteiger partial charge is 0.478 e. The molecule has 0 spiro atoms. The molecule has 1 aromatic rings. The fourth-order valence-electron chi connectivity index (χ4n) is 2.36. The van der Waals surface area contributed by atoms with Gasteiger partial charge < -0.3 is 9.84 Å². The summed E-state index contributed by atoms with van der Waals surface area (Å²) in [6.45, 7) is 6.99. The fourth-order valence-corrected chi connectivity index (χ4v) is 3.31. The lowest BCUT2D eigenvalue weighted by Gasteiger charge is -2.34. The standard InChI is InChI=1S/C14H19NO3S/c1-10-7-15(8-11(2)18-10)9-13-4-3-12(19-13)5-6-14(16)17/h3-6,10-11H,7-9H2,1-2H3,(H,16,17)/b6-5+/t10-,11+. The first-order valence-electron chi connectivity index (χ1n) is 6.40. The van der Waals surface area contributed by atoms with E-state index in [1.54, 1.807) is 17.4 Å². The molecule has 0 amide bonds. The second kappa shape index (κ2) is 6.32. The van der Waals surface area contributed by atoms with E-state index >= 15 is 0 Å². The summed E-state index contributed by atoms with van der Waals surface area (Å²) >= 11 is 1.64. The zero-order valence-electron chi connectivity index (χ0n) is 11.2.